The highest BCUT2D eigenvalue weighted by Gasteiger charge is 2.30. The molecule has 1 aliphatic heterocycles. The number of likely N-dealkylation sites (N-methyl/N-ethyl adjacent to an activating group) is 1. The lowest BCUT2D eigenvalue weighted by Gasteiger charge is -2.36. The van der Waals surface area contributed by atoms with Crippen LogP contribution in [0.3, 0.4) is 0 Å². The van der Waals surface area contributed by atoms with Gasteiger partial charge in [-0.25, -0.2) is 0 Å². The van der Waals surface area contributed by atoms with Crippen LogP contribution in [0.1, 0.15) is 73.4 Å². The van der Waals surface area contributed by atoms with E-state index < -0.39 is 0 Å². The molecule has 1 aliphatic rings. The monoisotopic (exact) mass is 548 g/mol. The first-order valence-electron chi connectivity index (χ1n) is 14.6. The molecule has 3 aromatic rings. The van der Waals surface area contributed by atoms with Gasteiger partial charge in [-0.2, -0.15) is 0 Å². The standard InChI is InChI=1S/C32H44N4O4/c1-7-35(8-2)30(38)20-34-17-15-24(16-18-34)22(4)36-23(5)31(25-11-9-10-12-27(25)36)28(37)14-13-26-29(40-6)19-21(3)33-32(26)39/h9-12,19,22,24H,7-8,13-18,20H2,1-6H3,(H,33,39)/t22-/m1/s1. The lowest BCUT2D eigenvalue weighted by Crippen LogP contribution is -2.44. The molecular weight excluding hydrogens is 504 g/mol. The number of nitrogens with zero attached hydrogens (tertiary/aromatic N) is 3. The molecule has 216 valence electrons. The summed E-state index contributed by atoms with van der Waals surface area (Å²) in [5, 5.41) is 0.962. The van der Waals surface area contributed by atoms with Crippen LogP contribution >= 0.6 is 0 Å². The van der Waals surface area contributed by atoms with Gasteiger partial charge in [0.05, 0.1) is 19.2 Å². The molecule has 1 saturated heterocycles. The average molecular weight is 549 g/mol. The van der Waals surface area contributed by atoms with Gasteiger partial charge in [-0.3, -0.25) is 19.3 Å². The summed E-state index contributed by atoms with van der Waals surface area (Å²) in [5.41, 5.74) is 3.81. The zero-order valence-electron chi connectivity index (χ0n) is 24.9. The van der Waals surface area contributed by atoms with Crippen LogP contribution in [-0.2, 0) is 11.2 Å². The van der Waals surface area contributed by atoms with Gasteiger partial charge in [0.15, 0.2) is 5.78 Å². The number of benzene rings is 1. The molecule has 0 unspecified atom stereocenters. The Bertz CT molecular complexity index is 1410. The Morgan fingerprint density at radius 1 is 1.12 bits per heavy atom. The number of hydrogen-bond donors (Lipinski definition) is 1. The second-order valence-electron chi connectivity index (χ2n) is 11.0. The number of likely N-dealkylation sites (tertiary alicyclic amines) is 1. The van der Waals surface area contributed by atoms with Crippen LogP contribution < -0.4 is 10.3 Å². The molecule has 1 amide bonds. The van der Waals surface area contributed by atoms with E-state index in [0.717, 1.165) is 66.9 Å². The summed E-state index contributed by atoms with van der Waals surface area (Å²) in [6.45, 7) is 14.0. The fourth-order valence-electron chi connectivity index (χ4n) is 6.41. The molecule has 2 aromatic heterocycles. The number of rotatable bonds is 11. The number of pyridine rings is 1. The van der Waals surface area contributed by atoms with Crippen molar-refractivity contribution in [1.29, 1.82) is 0 Å². The number of ketones is 1. The fourth-order valence-corrected chi connectivity index (χ4v) is 6.41. The third-order valence-electron chi connectivity index (χ3n) is 8.68. The molecule has 40 heavy (non-hydrogen) atoms. The van der Waals surface area contributed by atoms with E-state index in [2.05, 4.69) is 27.4 Å². The lowest BCUT2D eigenvalue weighted by molar-refractivity contribution is -0.132. The molecule has 1 fully saturated rings. The highest BCUT2D eigenvalue weighted by atomic mass is 16.5. The van der Waals surface area contributed by atoms with Crippen LogP contribution in [0.25, 0.3) is 10.9 Å². The fraction of sp³-hybridized carbons (Fsp3) is 0.531. The number of H-pyrrole nitrogens is 1. The van der Waals surface area contributed by atoms with Crippen LogP contribution in [0.4, 0.5) is 0 Å². The van der Waals surface area contributed by atoms with Crippen LogP contribution in [-0.4, -0.2) is 70.9 Å². The molecule has 1 aromatic carbocycles. The Balaban J connectivity index is 1.52. The number of Topliss-reactive ketones (excluding diaryl/α,β-unsaturated/α-hetero) is 1. The normalized spacial score (nSPS) is 15.3. The van der Waals surface area contributed by atoms with Crippen molar-refractivity contribution >= 4 is 22.6 Å². The maximum atomic E-state index is 13.7. The lowest BCUT2D eigenvalue weighted by atomic mass is 9.90. The van der Waals surface area contributed by atoms with Crippen molar-refractivity contribution in [3.05, 3.63) is 63.2 Å². The van der Waals surface area contributed by atoms with Gasteiger partial charge in [0.2, 0.25) is 5.91 Å². The van der Waals surface area contributed by atoms with Gasteiger partial charge in [0.1, 0.15) is 5.75 Å². The van der Waals surface area contributed by atoms with Crippen LogP contribution in [0.5, 0.6) is 5.75 Å². The predicted molar refractivity (Wildman–Crippen MR) is 159 cm³/mol. The number of para-hydroxylation sites is 1. The molecule has 8 heteroatoms. The number of aromatic nitrogens is 2. The first-order chi connectivity index (χ1) is 19.2. The van der Waals surface area contributed by atoms with E-state index in [-0.39, 0.29) is 29.7 Å². The highest BCUT2D eigenvalue weighted by molar-refractivity contribution is 6.09. The Morgan fingerprint density at radius 3 is 2.45 bits per heavy atom. The number of nitrogens with one attached hydrogen (secondary N) is 1. The van der Waals surface area contributed by atoms with Crippen molar-refractivity contribution in [1.82, 2.24) is 19.4 Å². The largest absolute Gasteiger partial charge is 0.496 e. The highest BCUT2D eigenvalue weighted by Crippen LogP contribution is 2.36. The Morgan fingerprint density at radius 2 is 1.80 bits per heavy atom. The number of carbonyl (C=O) groups is 2. The number of hydrogen-bond acceptors (Lipinski definition) is 5. The molecule has 1 N–H and O–H groups in total. The zero-order valence-corrected chi connectivity index (χ0v) is 24.9. The maximum absolute atomic E-state index is 13.7. The SMILES string of the molecule is CCN(CC)C(=O)CN1CCC([C@@H](C)n2c(C)c(C(=O)CCc3c(OC)cc(C)[nH]c3=O)c3ccccc32)CC1. The van der Waals surface area contributed by atoms with Crippen molar-refractivity contribution < 1.29 is 14.3 Å². The maximum Gasteiger partial charge on any atom is 0.255 e. The number of ether oxygens (including phenoxy) is 1. The van der Waals surface area contributed by atoms with Crippen molar-refractivity contribution in [3.8, 4) is 5.75 Å². The topological polar surface area (TPSA) is 87.6 Å². The van der Waals surface area contributed by atoms with Gasteiger partial charge in [0, 0.05) is 53.4 Å². The van der Waals surface area contributed by atoms with E-state index in [1.165, 1.54) is 0 Å². The summed E-state index contributed by atoms with van der Waals surface area (Å²) >= 11 is 0. The summed E-state index contributed by atoms with van der Waals surface area (Å²) in [6.07, 6.45) is 2.57. The molecule has 0 spiro atoms. The van der Waals surface area contributed by atoms with Gasteiger partial charge < -0.3 is 19.2 Å². The number of aryl methyl sites for hydroxylation is 1. The van der Waals surface area contributed by atoms with E-state index in [4.69, 9.17) is 4.74 Å². The second-order valence-corrected chi connectivity index (χ2v) is 11.0. The van der Waals surface area contributed by atoms with Crippen LogP contribution in [0.2, 0.25) is 0 Å². The van der Waals surface area contributed by atoms with Gasteiger partial charge in [-0.05, 0) is 85.0 Å². The van der Waals surface area contributed by atoms with Crippen molar-refractivity contribution in [2.45, 2.75) is 66.3 Å². The summed E-state index contributed by atoms with van der Waals surface area (Å²) < 4.78 is 7.77. The molecule has 0 radical (unpaired) electrons. The first kappa shape index (κ1) is 29.6. The van der Waals surface area contributed by atoms with Gasteiger partial charge >= 0.3 is 0 Å². The number of aromatic amines is 1. The third-order valence-corrected chi connectivity index (χ3v) is 8.68. The van der Waals surface area contributed by atoms with Gasteiger partial charge in [0.25, 0.3) is 5.56 Å². The minimum absolute atomic E-state index is 0.0337. The molecule has 1 atom stereocenters. The Hall–Kier alpha value is -3.39. The minimum Gasteiger partial charge on any atom is -0.496 e. The predicted octanol–water partition coefficient (Wildman–Crippen LogP) is 4.91. The molecule has 4 rings (SSSR count). The smallest absolute Gasteiger partial charge is 0.255 e. The number of fused-ring (bicyclic) bond motifs is 1. The average Bonchev–Trinajstić information content (AvgIpc) is 3.24. The minimum atomic E-state index is -0.206. The van der Waals surface area contributed by atoms with E-state index in [0.29, 0.717) is 30.2 Å². The second kappa shape index (κ2) is 12.9. The summed E-state index contributed by atoms with van der Waals surface area (Å²) in [7, 11) is 1.55. The molecular formula is C32H44N4O4. The van der Waals surface area contributed by atoms with Crippen LogP contribution in [0.15, 0.2) is 35.1 Å². The van der Waals surface area contributed by atoms with E-state index in [1.807, 2.05) is 50.8 Å². The first-order valence-corrected chi connectivity index (χ1v) is 14.6. The quantitative estimate of drug-likeness (QED) is 0.344. The van der Waals surface area contributed by atoms with Gasteiger partial charge in [-0.1, -0.05) is 18.2 Å². The van der Waals surface area contributed by atoms with E-state index in [1.54, 1.807) is 13.2 Å². The Kier molecular flexibility index (Phi) is 9.51. The van der Waals surface area contributed by atoms with Crippen LogP contribution in [0, 0.1) is 19.8 Å². The molecule has 0 aliphatic carbocycles. The number of methoxy groups -OCH3 is 1. The summed E-state index contributed by atoms with van der Waals surface area (Å²) in [5.74, 6) is 1.21. The zero-order chi connectivity index (χ0) is 29.0. The van der Waals surface area contributed by atoms with Crippen molar-refractivity contribution in [2.24, 2.45) is 5.92 Å². The molecule has 3 heterocycles. The van der Waals surface area contributed by atoms with E-state index >= 15 is 0 Å². The molecule has 8 nitrogen and oxygen atoms in total. The Labute approximate surface area is 237 Å². The number of piperidine rings is 1. The summed E-state index contributed by atoms with van der Waals surface area (Å²) in [6, 6.07) is 10.1. The molecule has 0 bridgehead atoms. The van der Waals surface area contributed by atoms with Crippen molar-refractivity contribution in [3.63, 3.8) is 0 Å². The number of amides is 1. The molecule has 0 saturated carbocycles. The van der Waals surface area contributed by atoms with Crippen molar-refractivity contribution in [2.75, 3.05) is 39.8 Å². The van der Waals surface area contributed by atoms with Gasteiger partial charge in [-0.15, -0.1) is 0 Å². The van der Waals surface area contributed by atoms with E-state index in [9.17, 15) is 14.4 Å². The number of carbonyl (C=O) groups excluding carboxylic acids is 2. The third kappa shape index (κ3) is 6.02. The summed E-state index contributed by atoms with van der Waals surface area (Å²) in [4.78, 5) is 45.9.